The molecule has 0 amide bonds. The molecule has 0 aliphatic rings. The highest BCUT2D eigenvalue weighted by molar-refractivity contribution is 6.04. The third-order valence-corrected chi connectivity index (χ3v) is 2.52. The number of hydrogen-bond acceptors (Lipinski definition) is 2. The van der Waals surface area contributed by atoms with E-state index in [0.29, 0.717) is 12.0 Å². The van der Waals surface area contributed by atoms with Crippen LogP contribution in [-0.2, 0) is 0 Å². The Kier molecular flexibility index (Phi) is 2.42. The number of carbonyl (C=O) groups excluding carboxylic acids is 1. The predicted molar refractivity (Wildman–Crippen MR) is 60.2 cm³/mol. The molecule has 0 aromatic heterocycles. The van der Waals surface area contributed by atoms with E-state index in [1.165, 1.54) is 0 Å². The maximum atomic E-state index is 11.5. The number of aromatic hydroxyl groups is 1. The van der Waals surface area contributed by atoms with Crippen LogP contribution in [0, 0.1) is 0 Å². The van der Waals surface area contributed by atoms with Crippen molar-refractivity contribution < 1.29 is 9.90 Å². The summed E-state index contributed by atoms with van der Waals surface area (Å²) in [5.74, 6) is 0.0678. The second kappa shape index (κ2) is 3.73. The fourth-order valence-corrected chi connectivity index (χ4v) is 1.67. The maximum absolute atomic E-state index is 11.5. The van der Waals surface area contributed by atoms with Crippen LogP contribution in [0.2, 0.25) is 0 Å². The van der Waals surface area contributed by atoms with Crippen LogP contribution in [0.5, 0.6) is 5.75 Å². The molecule has 2 heteroatoms. The molecule has 2 rings (SSSR count). The minimum absolute atomic E-state index is 0.0294. The van der Waals surface area contributed by atoms with E-state index in [0.717, 1.165) is 10.8 Å². The largest absolute Gasteiger partial charge is 0.507 e. The quantitative estimate of drug-likeness (QED) is 0.756. The van der Waals surface area contributed by atoms with Crippen molar-refractivity contribution in [2.24, 2.45) is 0 Å². The van der Waals surface area contributed by atoms with Crippen molar-refractivity contribution in [3.63, 3.8) is 0 Å². The monoisotopic (exact) mass is 200 g/mol. The number of hydrogen-bond donors (Lipinski definition) is 1. The van der Waals surface area contributed by atoms with Gasteiger partial charge in [0.15, 0.2) is 5.78 Å². The lowest BCUT2D eigenvalue weighted by atomic mass is 10.0. The molecule has 2 aromatic rings. The SMILES string of the molecule is CCC(=O)c1ccc2ccccc2c1O. The van der Waals surface area contributed by atoms with E-state index in [4.69, 9.17) is 0 Å². The van der Waals surface area contributed by atoms with Crippen LogP contribution in [0.15, 0.2) is 36.4 Å². The van der Waals surface area contributed by atoms with Crippen molar-refractivity contribution in [3.8, 4) is 5.75 Å². The van der Waals surface area contributed by atoms with Crippen LogP contribution < -0.4 is 0 Å². The standard InChI is InChI=1S/C13H12O2/c1-2-12(14)11-8-7-9-5-3-4-6-10(9)13(11)15/h3-8,15H,2H2,1H3. The van der Waals surface area contributed by atoms with Crippen molar-refractivity contribution in [1.29, 1.82) is 0 Å². The zero-order valence-electron chi connectivity index (χ0n) is 8.53. The first-order chi connectivity index (χ1) is 7.24. The highest BCUT2D eigenvalue weighted by Crippen LogP contribution is 2.29. The Hall–Kier alpha value is -1.83. The third kappa shape index (κ3) is 1.59. The molecule has 0 aliphatic heterocycles. The van der Waals surface area contributed by atoms with Crippen LogP contribution in [0.3, 0.4) is 0 Å². The maximum Gasteiger partial charge on any atom is 0.166 e. The zero-order valence-corrected chi connectivity index (χ0v) is 8.53. The molecule has 0 aliphatic carbocycles. The number of Topliss-reactive ketones (excluding diaryl/α,β-unsaturated/α-hetero) is 1. The van der Waals surface area contributed by atoms with Crippen LogP contribution in [0.25, 0.3) is 10.8 Å². The Labute approximate surface area is 88.2 Å². The average Bonchev–Trinajstić information content (AvgIpc) is 2.29. The van der Waals surface area contributed by atoms with Crippen LogP contribution >= 0.6 is 0 Å². The van der Waals surface area contributed by atoms with Crippen molar-refractivity contribution in [2.75, 3.05) is 0 Å². The molecular formula is C13H12O2. The summed E-state index contributed by atoms with van der Waals surface area (Å²) in [6.07, 6.45) is 0.409. The lowest BCUT2D eigenvalue weighted by molar-refractivity contribution is 0.0986. The molecule has 0 radical (unpaired) electrons. The van der Waals surface area contributed by atoms with E-state index in [1.807, 2.05) is 30.3 Å². The van der Waals surface area contributed by atoms with Gasteiger partial charge in [0.25, 0.3) is 0 Å². The predicted octanol–water partition coefficient (Wildman–Crippen LogP) is 3.14. The van der Waals surface area contributed by atoms with Gasteiger partial charge in [0.2, 0.25) is 0 Å². The molecule has 0 unspecified atom stereocenters. The Balaban J connectivity index is 2.70. The van der Waals surface area contributed by atoms with Crippen LogP contribution in [0.4, 0.5) is 0 Å². The molecule has 0 heterocycles. The average molecular weight is 200 g/mol. The molecule has 1 N–H and O–H groups in total. The van der Waals surface area contributed by atoms with E-state index < -0.39 is 0 Å². The first-order valence-electron chi connectivity index (χ1n) is 4.98. The summed E-state index contributed by atoms with van der Waals surface area (Å²) < 4.78 is 0. The highest BCUT2D eigenvalue weighted by atomic mass is 16.3. The molecule has 15 heavy (non-hydrogen) atoms. The summed E-state index contributed by atoms with van der Waals surface area (Å²) >= 11 is 0. The Morgan fingerprint density at radius 2 is 1.93 bits per heavy atom. The van der Waals surface area contributed by atoms with Gasteiger partial charge < -0.3 is 5.11 Å². The Morgan fingerprint density at radius 1 is 1.20 bits per heavy atom. The summed E-state index contributed by atoms with van der Waals surface area (Å²) in [6.45, 7) is 1.79. The minimum Gasteiger partial charge on any atom is -0.507 e. The lowest BCUT2D eigenvalue weighted by Gasteiger charge is -2.05. The topological polar surface area (TPSA) is 37.3 Å². The van der Waals surface area contributed by atoms with Gasteiger partial charge in [0.05, 0.1) is 5.56 Å². The van der Waals surface area contributed by atoms with Gasteiger partial charge in [-0.15, -0.1) is 0 Å². The van der Waals surface area contributed by atoms with E-state index in [9.17, 15) is 9.90 Å². The van der Waals surface area contributed by atoms with Gasteiger partial charge in [-0.3, -0.25) is 4.79 Å². The first kappa shape index (κ1) is 9.71. The third-order valence-electron chi connectivity index (χ3n) is 2.52. The number of phenolic OH excluding ortho intramolecular Hbond substituents is 1. The Bertz CT molecular complexity index is 515. The smallest absolute Gasteiger partial charge is 0.166 e. The van der Waals surface area contributed by atoms with Crippen LogP contribution in [0.1, 0.15) is 23.7 Å². The molecule has 0 atom stereocenters. The molecule has 0 fully saturated rings. The van der Waals surface area contributed by atoms with Gasteiger partial charge in [0.1, 0.15) is 5.75 Å². The summed E-state index contributed by atoms with van der Waals surface area (Å²) in [5.41, 5.74) is 0.413. The van der Waals surface area contributed by atoms with Gasteiger partial charge in [-0.2, -0.15) is 0 Å². The van der Waals surface area contributed by atoms with E-state index in [1.54, 1.807) is 13.0 Å². The molecular weight excluding hydrogens is 188 g/mol. The summed E-state index contributed by atoms with van der Waals surface area (Å²) in [4.78, 5) is 11.5. The van der Waals surface area contributed by atoms with Crippen LogP contribution in [-0.4, -0.2) is 10.9 Å². The molecule has 2 nitrogen and oxygen atoms in total. The second-order valence-electron chi connectivity index (χ2n) is 3.46. The van der Waals surface area contributed by atoms with Gasteiger partial charge in [-0.1, -0.05) is 37.3 Å². The normalized spacial score (nSPS) is 10.5. The van der Waals surface area contributed by atoms with E-state index >= 15 is 0 Å². The first-order valence-corrected chi connectivity index (χ1v) is 4.98. The molecule has 0 saturated heterocycles. The summed E-state index contributed by atoms with van der Waals surface area (Å²) in [6, 6.07) is 11.0. The molecule has 0 saturated carbocycles. The summed E-state index contributed by atoms with van der Waals surface area (Å²) in [5, 5.41) is 11.6. The molecule has 0 bridgehead atoms. The Morgan fingerprint density at radius 3 is 2.67 bits per heavy atom. The highest BCUT2D eigenvalue weighted by Gasteiger charge is 2.11. The number of carbonyl (C=O) groups is 1. The number of phenols is 1. The van der Waals surface area contributed by atoms with Crippen molar-refractivity contribution in [1.82, 2.24) is 0 Å². The van der Waals surface area contributed by atoms with Crippen molar-refractivity contribution in [2.45, 2.75) is 13.3 Å². The molecule has 0 spiro atoms. The number of ketones is 1. The number of benzene rings is 2. The second-order valence-corrected chi connectivity index (χ2v) is 3.46. The van der Waals surface area contributed by atoms with E-state index in [2.05, 4.69) is 0 Å². The lowest BCUT2D eigenvalue weighted by Crippen LogP contribution is -1.96. The number of rotatable bonds is 2. The van der Waals surface area contributed by atoms with Gasteiger partial charge >= 0.3 is 0 Å². The van der Waals surface area contributed by atoms with Crippen molar-refractivity contribution >= 4 is 16.6 Å². The fraction of sp³-hybridized carbons (Fsp3) is 0.154. The van der Waals surface area contributed by atoms with Gasteiger partial charge in [-0.25, -0.2) is 0 Å². The van der Waals surface area contributed by atoms with Crippen molar-refractivity contribution in [3.05, 3.63) is 42.0 Å². The summed E-state index contributed by atoms with van der Waals surface area (Å²) in [7, 11) is 0. The molecule has 2 aromatic carbocycles. The number of fused-ring (bicyclic) bond motifs is 1. The minimum atomic E-state index is -0.0294. The van der Waals surface area contributed by atoms with Gasteiger partial charge in [0, 0.05) is 11.8 Å². The molecule has 76 valence electrons. The fourth-order valence-electron chi connectivity index (χ4n) is 1.67. The van der Waals surface area contributed by atoms with Gasteiger partial charge in [-0.05, 0) is 11.5 Å². The zero-order chi connectivity index (χ0) is 10.8. The van der Waals surface area contributed by atoms with E-state index in [-0.39, 0.29) is 11.5 Å².